The maximum atomic E-state index is 12.9. The van der Waals surface area contributed by atoms with Gasteiger partial charge in [-0.25, -0.2) is 4.79 Å². The molecule has 0 fully saturated rings. The molecule has 12 heteroatoms. The Morgan fingerprint density at radius 2 is 1.60 bits per heavy atom. The van der Waals surface area contributed by atoms with Gasteiger partial charge < -0.3 is 25.0 Å². The van der Waals surface area contributed by atoms with Crippen LogP contribution in [0.3, 0.4) is 0 Å². The van der Waals surface area contributed by atoms with E-state index in [0.717, 1.165) is 0 Å². The number of benzene rings is 3. The molecule has 1 atom stereocenters. The van der Waals surface area contributed by atoms with Crippen LogP contribution in [0.5, 0.6) is 23.0 Å². The van der Waals surface area contributed by atoms with Gasteiger partial charge in [0.25, 0.3) is 0 Å². The second-order valence-corrected chi connectivity index (χ2v) is 8.23. The molecule has 0 bridgehead atoms. The zero-order chi connectivity index (χ0) is 23.6. The molecule has 3 aromatic carbocycles. The highest BCUT2D eigenvalue weighted by Gasteiger charge is 2.54. The minimum atomic E-state index is -1.39. The summed E-state index contributed by atoms with van der Waals surface area (Å²) in [4.78, 5) is 24.6. The summed E-state index contributed by atoms with van der Waals surface area (Å²) in [7, 11) is 0. The maximum Gasteiger partial charge on any atom is 0.340 e. The minimum absolute atomic E-state index is 0. The Morgan fingerprint density at radius 1 is 0.886 bits per heavy atom. The fourth-order valence-electron chi connectivity index (χ4n) is 4.33. The van der Waals surface area contributed by atoms with Crippen molar-refractivity contribution in [3.8, 4) is 23.0 Å². The summed E-state index contributed by atoms with van der Waals surface area (Å²) in [6.07, 6.45) is 0. The highest BCUT2D eigenvalue weighted by atomic mass is 35.5. The Hall–Kier alpha value is -3.79. The summed E-state index contributed by atoms with van der Waals surface area (Å²) in [5.41, 5.74) is 0.634. The average molecular weight is 532 g/mol. The molecule has 0 saturated carbocycles. The van der Waals surface area contributed by atoms with Crippen molar-refractivity contribution < 1.29 is 24.5 Å². The van der Waals surface area contributed by atoms with Crippen molar-refractivity contribution >= 4 is 53.2 Å². The zero-order valence-electron chi connectivity index (χ0n) is 17.3. The number of phenolic OH excluding ortho intramolecular Hbond substituents is 2. The first-order valence-corrected chi connectivity index (χ1v) is 10.7. The number of anilines is 2. The van der Waals surface area contributed by atoms with Crippen LogP contribution < -0.4 is 10.1 Å². The van der Waals surface area contributed by atoms with Gasteiger partial charge in [0.1, 0.15) is 22.9 Å². The van der Waals surface area contributed by atoms with E-state index in [1.165, 1.54) is 18.2 Å². The van der Waals surface area contributed by atoms with Crippen LogP contribution in [0.4, 0.5) is 11.6 Å². The zero-order valence-corrected chi connectivity index (χ0v) is 19.6. The van der Waals surface area contributed by atoms with Crippen molar-refractivity contribution in [2.75, 3.05) is 5.32 Å². The quantitative estimate of drug-likeness (QED) is 0.232. The van der Waals surface area contributed by atoms with Gasteiger partial charge in [0, 0.05) is 17.2 Å². The molecule has 0 aliphatic carbocycles. The summed E-state index contributed by atoms with van der Waals surface area (Å²) in [5.74, 6) is -0.450. The average Bonchev–Trinajstić information content (AvgIpc) is 3.08. The highest BCUT2D eigenvalue weighted by molar-refractivity contribution is 6.31. The van der Waals surface area contributed by atoms with Gasteiger partial charge >= 0.3 is 5.97 Å². The lowest BCUT2D eigenvalue weighted by atomic mass is 9.77. The normalized spacial score (nSPS) is 16.9. The Morgan fingerprint density at radius 3 is 2.37 bits per heavy atom. The first-order chi connectivity index (χ1) is 16.4. The SMILES string of the molecule is Cl.O=C1OC2(c3ccc(O)cc3Oc3c2ccc(O)c3Nc2nc(Cl)nc(Cl)n2)c2ccccc21. The van der Waals surface area contributed by atoms with Crippen molar-refractivity contribution in [3.63, 3.8) is 0 Å². The number of aromatic hydroxyl groups is 2. The van der Waals surface area contributed by atoms with Gasteiger partial charge in [0.15, 0.2) is 11.4 Å². The third-order valence-corrected chi connectivity index (χ3v) is 6.00. The van der Waals surface area contributed by atoms with E-state index in [1.54, 1.807) is 36.4 Å². The molecule has 6 rings (SSSR count). The fraction of sp³-hybridized carbons (Fsp3) is 0.0435. The maximum absolute atomic E-state index is 12.9. The van der Waals surface area contributed by atoms with Gasteiger partial charge in [-0.3, -0.25) is 0 Å². The number of nitrogens with one attached hydrogen (secondary N) is 1. The fourth-order valence-corrected chi connectivity index (χ4v) is 4.69. The van der Waals surface area contributed by atoms with Crippen LogP contribution in [-0.4, -0.2) is 31.1 Å². The molecular formula is C23H13Cl3N4O5. The molecule has 1 spiro atoms. The van der Waals surface area contributed by atoms with Crippen LogP contribution in [0, 0.1) is 0 Å². The number of nitrogens with zero attached hydrogens (tertiary/aromatic N) is 3. The Bertz CT molecular complexity index is 1510. The lowest BCUT2D eigenvalue weighted by molar-refractivity contribution is 0.0224. The van der Waals surface area contributed by atoms with Crippen LogP contribution in [0.2, 0.25) is 10.6 Å². The van der Waals surface area contributed by atoms with Gasteiger partial charge in [-0.2, -0.15) is 15.0 Å². The van der Waals surface area contributed by atoms with Gasteiger partial charge in [-0.1, -0.05) is 18.2 Å². The van der Waals surface area contributed by atoms with Crippen LogP contribution in [0.1, 0.15) is 27.0 Å². The molecule has 9 nitrogen and oxygen atoms in total. The number of esters is 1. The van der Waals surface area contributed by atoms with Gasteiger partial charge in [0.2, 0.25) is 16.5 Å². The highest BCUT2D eigenvalue weighted by Crippen LogP contribution is 2.59. The lowest BCUT2D eigenvalue weighted by Gasteiger charge is -2.37. The number of aromatic nitrogens is 3. The number of carbonyl (C=O) groups excluding carboxylic acids is 1. The summed E-state index contributed by atoms with van der Waals surface area (Å²) in [6.45, 7) is 0. The molecule has 0 saturated heterocycles. The second kappa shape index (κ2) is 8.16. The molecule has 35 heavy (non-hydrogen) atoms. The van der Waals surface area contributed by atoms with Gasteiger partial charge in [0.05, 0.1) is 11.1 Å². The minimum Gasteiger partial charge on any atom is -0.508 e. The topological polar surface area (TPSA) is 127 Å². The van der Waals surface area contributed by atoms with Gasteiger partial charge in [-0.05, 0) is 53.5 Å². The largest absolute Gasteiger partial charge is 0.508 e. The van der Waals surface area contributed by atoms with E-state index in [0.29, 0.717) is 22.3 Å². The predicted molar refractivity (Wildman–Crippen MR) is 128 cm³/mol. The summed E-state index contributed by atoms with van der Waals surface area (Å²) in [5, 5.41) is 23.4. The third kappa shape index (κ3) is 3.39. The Kier molecular flexibility index (Phi) is 5.36. The summed E-state index contributed by atoms with van der Waals surface area (Å²) < 4.78 is 12.2. The van der Waals surface area contributed by atoms with Crippen molar-refractivity contribution in [1.29, 1.82) is 0 Å². The molecular weight excluding hydrogens is 519 g/mol. The number of phenols is 2. The standard InChI is InChI=1S/C23H12Cl2N4O5.ClH/c24-20-27-21(25)29-22(28-20)26-17-15(31)8-7-14-18(17)33-16-9-10(30)5-6-13(16)23(14)12-4-2-1-3-11(12)19(32)34-23;/h1-9,30-31H,(H,26,27,28,29);1H. The van der Waals surface area contributed by atoms with Crippen LogP contribution in [0.25, 0.3) is 0 Å². The molecule has 4 aromatic rings. The van der Waals surface area contributed by atoms with E-state index in [2.05, 4.69) is 20.3 Å². The van der Waals surface area contributed by atoms with Crippen LogP contribution >= 0.6 is 35.6 Å². The van der Waals surface area contributed by atoms with E-state index >= 15 is 0 Å². The Balaban J connectivity index is 0.00000253. The first-order valence-electron chi connectivity index (χ1n) is 9.91. The number of rotatable bonds is 2. The molecule has 0 radical (unpaired) electrons. The molecule has 2 aliphatic heterocycles. The van der Waals surface area contributed by atoms with E-state index < -0.39 is 11.6 Å². The number of fused-ring (bicyclic) bond motifs is 6. The molecule has 0 amide bonds. The van der Waals surface area contributed by atoms with E-state index in [1.807, 2.05) is 0 Å². The molecule has 176 valence electrons. The van der Waals surface area contributed by atoms with Crippen molar-refractivity contribution in [2.45, 2.75) is 5.60 Å². The van der Waals surface area contributed by atoms with Crippen molar-refractivity contribution in [3.05, 3.63) is 87.4 Å². The second-order valence-electron chi connectivity index (χ2n) is 7.56. The molecule has 1 aromatic heterocycles. The van der Waals surface area contributed by atoms with Crippen molar-refractivity contribution in [1.82, 2.24) is 15.0 Å². The number of hydrogen-bond donors (Lipinski definition) is 3. The molecule has 3 N–H and O–H groups in total. The predicted octanol–water partition coefficient (Wildman–Crippen LogP) is 5.32. The number of ether oxygens (including phenoxy) is 2. The summed E-state index contributed by atoms with van der Waals surface area (Å²) >= 11 is 11.8. The van der Waals surface area contributed by atoms with E-state index in [-0.39, 0.29) is 57.6 Å². The van der Waals surface area contributed by atoms with E-state index in [4.69, 9.17) is 32.7 Å². The van der Waals surface area contributed by atoms with Crippen LogP contribution in [-0.2, 0) is 10.3 Å². The Labute approximate surface area is 213 Å². The number of carbonyl (C=O) groups is 1. The number of halogens is 3. The number of hydrogen-bond acceptors (Lipinski definition) is 9. The molecule has 2 aliphatic rings. The van der Waals surface area contributed by atoms with Gasteiger partial charge in [-0.15, -0.1) is 12.4 Å². The lowest BCUT2D eigenvalue weighted by Crippen LogP contribution is -2.33. The smallest absolute Gasteiger partial charge is 0.340 e. The molecule has 3 heterocycles. The van der Waals surface area contributed by atoms with Crippen LogP contribution in [0.15, 0.2) is 54.6 Å². The van der Waals surface area contributed by atoms with Crippen molar-refractivity contribution in [2.24, 2.45) is 0 Å². The third-order valence-electron chi connectivity index (χ3n) is 5.66. The first kappa shape index (κ1) is 23.0. The monoisotopic (exact) mass is 530 g/mol. The van der Waals surface area contributed by atoms with E-state index in [9.17, 15) is 15.0 Å². The molecule has 1 unspecified atom stereocenters. The summed E-state index contributed by atoms with van der Waals surface area (Å²) in [6, 6.07) is 14.6.